The Morgan fingerprint density at radius 1 is 0.778 bits per heavy atom. The third-order valence-corrected chi connectivity index (χ3v) is 2.59. The number of pyridine rings is 2. The number of hydrogen-bond acceptors (Lipinski definition) is 3. The van der Waals surface area contributed by atoms with Crippen LogP contribution in [0.3, 0.4) is 0 Å². The van der Waals surface area contributed by atoms with Crippen LogP contribution in [0.5, 0.6) is 0 Å². The van der Waals surface area contributed by atoms with Crippen LogP contribution in [-0.4, -0.2) is 23.1 Å². The zero-order chi connectivity index (χ0) is 11.5. The molecule has 3 heterocycles. The van der Waals surface area contributed by atoms with Crippen molar-refractivity contribution in [3.63, 3.8) is 0 Å². The molecular weight excluding hydrogens is 269 g/mol. The molecule has 1 aliphatic heterocycles. The number of hydrogen-bond donors (Lipinski definition) is 1. The Bertz CT molecular complexity index is 595. The molecule has 3 aromatic rings. The van der Waals surface area contributed by atoms with Crippen LogP contribution in [0.25, 0.3) is 21.8 Å². The van der Waals surface area contributed by atoms with Crippen LogP contribution in [0.1, 0.15) is 0 Å². The van der Waals surface area contributed by atoms with Gasteiger partial charge < -0.3 is 5.32 Å². The summed E-state index contributed by atoms with van der Waals surface area (Å²) in [7, 11) is 0. The van der Waals surface area contributed by atoms with Crippen LogP contribution in [-0.2, 0) is 16.8 Å². The molecule has 1 aliphatic rings. The molecule has 0 spiro atoms. The number of rotatable bonds is 0. The zero-order valence-corrected chi connectivity index (χ0v) is 10.8. The van der Waals surface area contributed by atoms with E-state index in [9.17, 15) is 0 Å². The first-order valence-corrected chi connectivity index (χ1v) is 5.74. The van der Waals surface area contributed by atoms with Crippen LogP contribution in [0.2, 0.25) is 0 Å². The Hall–Kier alpha value is -1.49. The summed E-state index contributed by atoms with van der Waals surface area (Å²) >= 11 is 0. The number of nitrogens with one attached hydrogen (secondary N) is 1. The van der Waals surface area contributed by atoms with Gasteiger partial charge in [0.05, 0.1) is 11.0 Å². The van der Waals surface area contributed by atoms with Crippen LogP contribution < -0.4 is 5.32 Å². The molecule has 18 heavy (non-hydrogen) atoms. The molecule has 1 fully saturated rings. The van der Waals surface area contributed by atoms with Crippen molar-refractivity contribution >= 4 is 21.8 Å². The fourth-order valence-corrected chi connectivity index (χ4v) is 1.68. The van der Waals surface area contributed by atoms with Gasteiger partial charge in [0.15, 0.2) is 0 Å². The van der Waals surface area contributed by atoms with Crippen LogP contribution in [0.4, 0.5) is 0 Å². The summed E-state index contributed by atoms with van der Waals surface area (Å²) < 4.78 is 0. The van der Waals surface area contributed by atoms with Crippen molar-refractivity contribution in [3.05, 3.63) is 48.8 Å². The Kier molecular flexibility index (Phi) is 4.25. The summed E-state index contributed by atoms with van der Waals surface area (Å²) in [5.41, 5.74) is 1.95. The topological polar surface area (TPSA) is 47.7 Å². The van der Waals surface area contributed by atoms with E-state index in [1.807, 2.05) is 12.1 Å². The van der Waals surface area contributed by atoms with Gasteiger partial charge in [-0.25, -0.2) is 0 Å². The van der Waals surface area contributed by atoms with Gasteiger partial charge in [-0.15, -0.1) is 0 Å². The molecule has 2 aromatic heterocycles. The molecule has 0 bridgehead atoms. The van der Waals surface area contributed by atoms with Gasteiger partial charge in [-0.05, 0) is 12.1 Å². The van der Waals surface area contributed by atoms with E-state index in [0.29, 0.717) is 0 Å². The molecule has 0 unspecified atom stereocenters. The second-order valence-corrected chi connectivity index (χ2v) is 3.97. The largest absolute Gasteiger partial charge is 0.314 e. The van der Waals surface area contributed by atoms with Gasteiger partial charge >= 0.3 is 0 Å². The van der Waals surface area contributed by atoms with E-state index < -0.39 is 0 Å². The van der Waals surface area contributed by atoms with Crippen molar-refractivity contribution in [1.29, 1.82) is 0 Å². The first kappa shape index (κ1) is 13.0. The van der Waals surface area contributed by atoms with Crippen molar-refractivity contribution in [1.82, 2.24) is 15.3 Å². The molecule has 0 amide bonds. The average molecular weight is 282 g/mol. The minimum atomic E-state index is 0. The Balaban J connectivity index is 0.000000266. The van der Waals surface area contributed by atoms with Gasteiger partial charge in [0.25, 0.3) is 0 Å². The molecule has 1 aromatic carbocycles. The van der Waals surface area contributed by atoms with E-state index in [1.165, 1.54) is 13.1 Å². The molecule has 0 aliphatic carbocycles. The summed E-state index contributed by atoms with van der Waals surface area (Å²) in [6, 6.07) is 12.1. The second kappa shape index (κ2) is 5.91. The molecular formula is C14H13CoN3. The first-order chi connectivity index (χ1) is 8.45. The zero-order valence-electron chi connectivity index (χ0n) is 9.76. The minimum Gasteiger partial charge on any atom is -0.314 e. The molecule has 1 saturated heterocycles. The molecule has 4 heteroatoms. The van der Waals surface area contributed by atoms with Crippen molar-refractivity contribution in [2.75, 3.05) is 13.1 Å². The number of benzene rings is 1. The van der Waals surface area contributed by atoms with Crippen LogP contribution in [0, 0.1) is 0 Å². The summed E-state index contributed by atoms with van der Waals surface area (Å²) in [6.45, 7) is 2.50. The van der Waals surface area contributed by atoms with Crippen molar-refractivity contribution in [3.8, 4) is 0 Å². The van der Waals surface area contributed by atoms with Crippen molar-refractivity contribution in [2.45, 2.75) is 0 Å². The standard InChI is InChI=1S/C12H8N2.C2H5N.Co/c1-3-9-5-6-10-4-2-8-14-12(10)11(9)13-7-1;1-2-3-1;/h1-8H;3H,1-2H2;. The summed E-state index contributed by atoms with van der Waals surface area (Å²) in [4.78, 5) is 8.69. The maximum atomic E-state index is 4.35. The van der Waals surface area contributed by atoms with E-state index >= 15 is 0 Å². The van der Waals surface area contributed by atoms with Gasteiger partial charge in [0, 0.05) is 53.0 Å². The van der Waals surface area contributed by atoms with E-state index in [4.69, 9.17) is 0 Å². The fourth-order valence-electron chi connectivity index (χ4n) is 1.68. The van der Waals surface area contributed by atoms with E-state index in [2.05, 4.69) is 39.6 Å². The van der Waals surface area contributed by atoms with Gasteiger partial charge in [-0.3, -0.25) is 9.97 Å². The molecule has 93 valence electrons. The average Bonchev–Trinajstić information content (AvgIpc) is 3.27. The quantitative estimate of drug-likeness (QED) is 0.508. The predicted molar refractivity (Wildman–Crippen MR) is 69.9 cm³/mol. The number of fused-ring (bicyclic) bond motifs is 3. The summed E-state index contributed by atoms with van der Waals surface area (Å²) in [5.74, 6) is 0. The molecule has 0 saturated carbocycles. The molecule has 4 rings (SSSR count). The smallest absolute Gasteiger partial charge is 0.0964 e. The summed E-state index contributed by atoms with van der Waals surface area (Å²) in [6.07, 6.45) is 3.60. The molecule has 1 N–H and O–H groups in total. The second-order valence-electron chi connectivity index (χ2n) is 3.97. The first-order valence-electron chi connectivity index (χ1n) is 5.74. The van der Waals surface area contributed by atoms with E-state index in [0.717, 1.165) is 21.8 Å². The van der Waals surface area contributed by atoms with Gasteiger partial charge in [-0.1, -0.05) is 24.3 Å². The third-order valence-electron chi connectivity index (χ3n) is 2.59. The van der Waals surface area contributed by atoms with Gasteiger partial charge in [0.1, 0.15) is 0 Å². The van der Waals surface area contributed by atoms with E-state index in [-0.39, 0.29) is 16.8 Å². The van der Waals surface area contributed by atoms with Crippen LogP contribution in [0.15, 0.2) is 48.8 Å². The van der Waals surface area contributed by atoms with Gasteiger partial charge in [0.2, 0.25) is 0 Å². The van der Waals surface area contributed by atoms with E-state index in [1.54, 1.807) is 12.4 Å². The summed E-state index contributed by atoms with van der Waals surface area (Å²) in [5, 5.41) is 5.28. The maximum Gasteiger partial charge on any atom is 0.0964 e. The van der Waals surface area contributed by atoms with Crippen LogP contribution >= 0.6 is 0 Å². The molecule has 3 nitrogen and oxygen atoms in total. The van der Waals surface area contributed by atoms with Gasteiger partial charge in [-0.2, -0.15) is 0 Å². The number of aromatic nitrogens is 2. The monoisotopic (exact) mass is 282 g/mol. The third kappa shape index (κ3) is 2.84. The minimum absolute atomic E-state index is 0. The molecule has 1 radical (unpaired) electrons. The Labute approximate surface area is 116 Å². The predicted octanol–water partition coefficient (Wildman–Crippen LogP) is 2.37. The number of nitrogens with zero attached hydrogens (tertiary/aromatic N) is 2. The van der Waals surface area contributed by atoms with Crippen molar-refractivity contribution in [2.24, 2.45) is 0 Å². The normalized spacial score (nSPS) is 12.4. The molecule has 0 atom stereocenters. The fraction of sp³-hybridized carbons (Fsp3) is 0.143. The maximum absolute atomic E-state index is 4.35. The Morgan fingerprint density at radius 3 is 1.61 bits per heavy atom. The SMILES string of the molecule is C1CN1.[Co].c1cnc2c(c1)ccc1cccnc12. The Morgan fingerprint density at radius 2 is 1.22 bits per heavy atom. The van der Waals surface area contributed by atoms with Crippen molar-refractivity contribution < 1.29 is 16.8 Å².